The van der Waals surface area contributed by atoms with Crippen molar-refractivity contribution in [2.45, 2.75) is 18.6 Å². The molecule has 0 spiro atoms. The minimum atomic E-state index is -5.20. The molecule has 0 atom stereocenters. The molecule has 1 heterocycles. The number of aryl methyl sites for hydroxylation is 1. The quantitative estimate of drug-likeness (QED) is 0.248. The summed E-state index contributed by atoms with van der Waals surface area (Å²) in [6, 6.07) is 4.88. The number of anilines is 1. The molecule has 1 aromatic heterocycles. The molecule has 0 fully saturated rings. The zero-order chi connectivity index (χ0) is 30.0. The fourth-order valence-electron chi connectivity index (χ4n) is 3.21. The van der Waals surface area contributed by atoms with E-state index in [1.54, 1.807) is 6.92 Å². The van der Waals surface area contributed by atoms with Crippen molar-refractivity contribution >= 4 is 52.7 Å². The van der Waals surface area contributed by atoms with Gasteiger partial charge in [-0.2, -0.15) is 4.39 Å². The molecule has 0 saturated heterocycles. The molecule has 0 aliphatic heterocycles. The van der Waals surface area contributed by atoms with Gasteiger partial charge < -0.3 is 24.3 Å². The van der Waals surface area contributed by atoms with E-state index in [2.05, 4.69) is 19.8 Å². The van der Waals surface area contributed by atoms with E-state index in [0.717, 1.165) is 25.3 Å². The molecular weight excluding hydrogens is 563 g/mol. The standard InChI is InChI=1S/C23H19B3ClF5N2O6/c1-9-8-33-12(21(36)37-2)7-11(9)34-20(35)16-13(4-3-10(27)17(16)28)38-15-6-5-14(39-23(30,31)32)18(29)19(15)40-22(24,25)26/h3-8H,24-26H2,1-2H3,(H,33,34,35). The molecule has 3 aromatic rings. The Hall–Kier alpha value is -3.94. The second-order valence-electron chi connectivity index (χ2n) is 9.13. The third-order valence-electron chi connectivity index (χ3n) is 4.91. The second kappa shape index (κ2) is 11.7. The Balaban J connectivity index is 2.08. The average molecular weight is 582 g/mol. The number of carbonyl (C=O) groups is 2. The van der Waals surface area contributed by atoms with E-state index in [-0.39, 0.29) is 11.4 Å². The number of esters is 1. The zero-order valence-electron chi connectivity index (χ0n) is 21.6. The predicted molar refractivity (Wildman–Crippen MR) is 142 cm³/mol. The monoisotopic (exact) mass is 582 g/mol. The first kappa shape index (κ1) is 30.6. The Kier molecular flexibility index (Phi) is 8.92. The summed E-state index contributed by atoms with van der Waals surface area (Å²) in [5, 5.41) is 0.829. The molecule has 17 heteroatoms. The Bertz CT molecular complexity index is 1470. The molecule has 1 amide bonds. The minimum Gasteiger partial charge on any atom is -0.508 e. The van der Waals surface area contributed by atoms with Gasteiger partial charge in [-0.15, -0.1) is 13.2 Å². The van der Waals surface area contributed by atoms with E-state index in [0.29, 0.717) is 11.6 Å². The van der Waals surface area contributed by atoms with E-state index in [4.69, 9.17) is 21.1 Å². The molecule has 208 valence electrons. The molecular formula is C23H19B3ClF5N2O6. The number of halogens is 6. The highest BCUT2D eigenvalue weighted by Gasteiger charge is 2.34. The average Bonchev–Trinajstić information content (AvgIpc) is 2.84. The Morgan fingerprint density at radius 2 is 1.60 bits per heavy atom. The van der Waals surface area contributed by atoms with E-state index in [1.807, 2.05) is 0 Å². The molecule has 0 unspecified atom stereocenters. The van der Waals surface area contributed by atoms with Gasteiger partial charge in [-0.3, -0.25) is 4.79 Å². The van der Waals surface area contributed by atoms with Crippen LogP contribution in [0.3, 0.4) is 0 Å². The maximum atomic E-state index is 15.2. The number of methoxy groups -OCH3 is 1. The number of hydrogen-bond acceptors (Lipinski definition) is 7. The van der Waals surface area contributed by atoms with Gasteiger partial charge in [0, 0.05) is 17.2 Å². The van der Waals surface area contributed by atoms with Crippen LogP contribution in [0.5, 0.6) is 23.0 Å². The van der Waals surface area contributed by atoms with E-state index < -0.39 is 68.8 Å². The first-order valence-corrected chi connectivity index (χ1v) is 11.7. The van der Waals surface area contributed by atoms with Crippen molar-refractivity contribution in [3.63, 3.8) is 0 Å². The van der Waals surface area contributed by atoms with Gasteiger partial charge in [0.1, 0.15) is 40.5 Å². The minimum absolute atomic E-state index is 0.0715. The molecule has 3 rings (SSSR count). The first-order chi connectivity index (χ1) is 18.5. The smallest absolute Gasteiger partial charge is 0.508 e. The van der Waals surface area contributed by atoms with E-state index in [9.17, 15) is 22.8 Å². The van der Waals surface area contributed by atoms with Crippen LogP contribution in [0.4, 0.5) is 27.6 Å². The highest BCUT2D eigenvalue weighted by atomic mass is 35.5. The largest absolute Gasteiger partial charge is 0.573 e. The molecule has 1 N–H and O–H groups in total. The molecule has 8 nitrogen and oxygen atoms in total. The molecule has 0 radical (unpaired) electrons. The number of alkyl halides is 3. The van der Waals surface area contributed by atoms with Crippen molar-refractivity contribution in [3.8, 4) is 23.0 Å². The lowest BCUT2D eigenvalue weighted by molar-refractivity contribution is -0.275. The summed E-state index contributed by atoms with van der Waals surface area (Å²) >= 11 is 5.89. The maximum absolute atomic E-state index is 15.2. The highest BCUT2D eigenvalue weighted by Crippen LogP contribution is 2.42. The van der Waals surface area contributed by atoms with Gasteiger partial charge in [0.15, 0.2) is 23.1 Å². The van der Waals surface area contributed by atoms with Crippen LogP contribution in [0.1, 0.15) is 26.4 Å². The number of amides is 1. The second-order valence-corrected chi connectivity index (χ2v) is 9.54. The van der Waals surface area contributed by atoms with Crippen molar-refractivity contribution < 1.29 is 50.5 Å². The van der Waals surface area contributed by atoms with Crippen molar-refractivity contribution in [1.29, 1.82) is 0 Å². The number of carbonyl (C=O) groups excluding carboxylic acids is 2. The Morgan fingerprint density at radius 1 is 0.975 bits per heavy atom. The number of nitrogens with one attached hydrogen (secondary N) is 1. The van der Waals surface area contributed by atoms with Crippen molar-refractivity contribution in [2.75, 3.05) is 12.4 Å². The van der Waals surface area contributed by atoms with Gasteiger partial charge in [0.25, 0.3) is 5.91 Å². The van der Waals surface area contributed by atoms with Gasteiger partial charge in [-0.25, -0.2) is 14.2 Å². The van der Waals surface area contributed by atoms with E-state index in [1.165, 1.54) is 35.8 Å². The third kappa shape index (κ3) is 7.37. The third-order valence-corrected chi connectivity index (χ3v) is 5.20. The number of hydrogen-bond donors (Lipinski definition) is 1. The van der Waals surface area contributed by atoms with Crippen LogP contribution in [0, 0.1) is 18.6 Å². The van der Waals surface area contributed by atoms with Crippen LogP contribution in [0.15, 0.2) is 36.5 Å². The Labute approximate surface area is 232 Å². The van der Waals surface area contributed by atoms with Crippen LogP contribution in [0.25, 0.3) is 0 Å². The fourth-order valence-corrected chi connectivity index (χ4v) is 3.37. The normalized spacial score (nSPS) is 11.5. The molecule has 0 aliphatic carbocycles. The summed E-state index contributed by atoms with van der Waals surface area (Å²) in [7, 11) is 5.62. The van der Waals surface area contributed by atoms with Gasteiger partial charge in [0.05, 0.1) is 12.1 Å². The van der Waals surface area contributed by atoms with Gasteiger partial charge >= 0.3 is 12.3 Å². The summed E-state index contributed by atoms with van der Waals surface area (Å²) in [6.45, 7) is 1.55. The van der Waals surface area contributed by atoms with Crippen molar-refractivity contribution in [3.05, 3.63) is 70.0 Å². The molecule has 40 heavy (non-hydrogen) atoms. The lowest BCUT2D eigenvalue weighted by Gasteiger charge is -2.25. The summed E-state index contributed by atoms with van der Waals surface area (Å²) < 4.78 is 88.0. The summed E-state index contributed by atoms with van der Waals surface area (Å²) in [5.74, 6) is -7.61. The van der Waals surface area contributed by atoms with Gasteiger partial charge in [0.2, 0.25) is 5.82 Å². The number of nitrogens with zero attached hydrogens (tertiary/aromatic N) is 1. The van der Waals surface area contributed by atoms with Crippen molar-refractivity contribution in [2.24, 2.45) is 0 Å². The van der Waals surface area contributed by atoms with Crippen LogP contribution in [-0.2, 0) is 4.74 Å². The number of pyridine rings is 1. The lowest BCUT2D eigenvalue weighted by atomic mass is 9.52. The molecule has 0 aliphatic rings. The SMILES string of the molecule is BC(B)(B)Oc1c(Oc2ccc(Cl)c(F)c2C(=O)Nc2cc(C(=O)OC)ncc2C)ccc(OC(F)(F)F)c1F. The van der Waals surface area contributed by atoms with Gasteiger partial charge in [-0.1, -0.05) is 11.6 Å². The lowest BCUT2D eigenvalue weighted by Crippen LogP contribution is -2.38. The van der Waals surface area contributed by atoms with Crippen LogP contribution in [-0.4, -0.2) is 59.2 Å². The van der Waals surface area contributed by atoms with Crippen molar-refractivity contribution in [1.82, 2.24) is 4.98 Å². The maximum Gasteiger partial charge on any atom is 0.573 e. The fraction of sp³-hybridized carbons (Fsp3) is 0.174. The Morgan fingerprint density at radius 3 is 2.20 bits per heavy atom. The van der Waals surface area contributed by atoms with Crippen LogP contribution in [0.2, 0.25) is 5.02 Å². The number of benzene rings is 2. The first-order valence-electron chi connectivity index (χ1n) is 11.3. The summed E-state index contributed by atoms with van der Waals surface area (Å²) in [5.41, 5.74) is -0.413. The predicted octanol–water partition coefficient (Wildman–Crippen LogP) is 2.94. The van der Waals surface area contributed by atoms with Crippen LogP contribution >= 0.6 is 11.6 Å². The summed E-state index contributed by atoms with van der Waals surface area (Å²) in [6.07, 6.45) is -3.93. The highest BCUT2D eigenvalue weighted by molar-refractivity contribution is 6.58. The summed E-state index contributed by atoms with van der Waals surface area (Å²) in [4.78, 5) is 29.0. The molecule has 0 saturated carbocycles. The number of aromatic nitrogens is 1. The number of rotatable bonds is 8. The van der Waals surface area contributed by atoms with E-state index >= 15 is 8.78 Å². The topological polar surface area (TPSA) is 96.0 Å². The van der Waals surface area contributed by atoms with Gasteiger partial charge in [-0.05, 0) is 42.8 Å². The van der Waals surface area contributed by atoms with Crippen LogP contribution < -0.4 is 19.5 Å². The molecule has 0 bridgehead atoms. The zero-order valence-corrected chi connectivity index (χ0v) is 22.4. The molecule has 2 aromatic carbocycles. The number of ether oxygens (including phenoxy) is 4.